The van der Waals surface area contributed by atoms with Crippen LogP contribution >= 0.6 is 0 Å². The number of benzene rings is 3. The minimum atomic E-state index is 0.0729. The van der Waals surface area contributed by atoms with Crippen LogP contribution in [0.2, 0.25) is 0 Å². The van der Waals surface area contributed by atoms with Gasteiger partial charge in [0, 0.05) is 12.1 Å². The first-order valence-corrected chi connectivity index (χ1v) is 10.6. The lowest BCUT2D eigenvalue weighted by molar-refractivity contribution is -0.114. The Balaban J connectivity index is 1.53. The molecule has 4 rings (SSSR count). The van der Waals surface area contributed by atoms with Crippen molar-refractivity contribution >= 4 is 23.1 Å². The van der Waals surface area contributed by atoms with Crippen molar-refractivity contribution in [2.75, 3.05) is 11.1 Å². The number of carbonyl (C=O) groups is 1. The summed E-state index contributed by atoms with van der Waals surface area (Å²) in [5.74, 6) is 2.53. The molecule has 0 aliphatic carbocycles. The number of nitrogens with zero attached hydrogens (tertiary/aromatic N) is 2. The average Bonchev–Trinajstić information content (AvgIpc) is 2.82. The smallest absolute Gasteiger partial charge is 0.159 e. The van der Waals surface area contributed by atoms with E-state index in [9.17, 15) is 4.79 Å². The van der Waals surface area contributed by atoms with E-state index in [1.165, 1.54) is 6.33 Å². The molecule has 0 atom stereocenters. The number of ether oxygens (including phenoxy) is 1. The fraction of sp³-hybridized carbons (Fsp3) is 0.0741. The lowest BCUT2D eigenvalue weighted by atomic mass is 10.1. The molecule has 0 unspecified atom stereocenters. The zero-order chi connectivity index (χ0) is 23.0. The Morgan fingerprint density at radius 3 is 2.33 bits per heavy atom. The van der Waals surface area contributed by atoms with Gasteiger partial charge in [0.25, 0.3) is 0 Å². The van der Waals surface area contributed by atoms with E-state index in [4.69, 9.17) is 10.5 Å². The second kappa shape index (κ2) is 10.2. The van der Waals surface area contributed by atoms with Crippen molar-refractivity contribution < 1.29 is 9.53 Å². The molecule has 1 aromatic heterocycles. The van der Waals surface area contributed by atoms with E-state index in [1.807, 2.05) is 85.8 Å². The molecule has 0 aliphatic heterocycles. The third kappa shape index (κ3) is 5.62. The number of hydrogen-bond acceptors (Lipinski definition) is 6. The molecule has 3 N–H and O–H groups in total. The second-order valence-electron chi connectivity index (χ2n) is 7.39. The van der Waals surface area contributed by atoms with Crippen LogP contribution in [0.1, 0.15) is 12.5 Å². The zero-order valence-electron chi connectivity index (χ0n) is 18.2. The van der Waals surface area contributed by atoms with Crippen LogP contribution in [-0.2, 0) is 11.2 Å². The number of allylic oxidation sites excluding steroid dienone is 2. The largest absolute Gasteiger partial charge is 0.457 e. The Bertz CT molecular complexity index is 1250. The minimum absolute atomic E-state index is 0.0729. The first kappa shape index (κ1) is 21.8. The van der Waals surface area contributed by atoms with Gasteiger partial charge in [0.2, 0.25) is 0 Å². The highest BCUT2D eigenvalue weighted by Gasteiger charge is 2.13. The monoisotopic (exact) mass is 436 g/mol. The Morgan fingerprint density at radius 2 is 1.64 bits per heavy atom. The van der Waals surface area contributed by atoms with Crippen molar-refractivity contribution in [3.05, 3.63) is 103 Å². The molecule has 1 heterocycles. The van der Waals surface area contributed by atoms with Gasteiger partial charge in [-0.05, 0) is 60.5 Å². The number of nitrogens with one attached hydrogen (secondary N) is 1. The third-order valence-electron chi connectivity index (χ3n) is 4.95. The van der Waals surface area contributed by atoms with E-state index in [0.29, 0.717) is 23.6 Å². The number of nitrogen functional groups attached to an aromatic ring is 1. The number of para-hydroxylation sites is 1. The summed E-state index contributed by atoms with van der Waals surface area (Å²) in [5.41, 5.74) is 9.56. The van der Waals surface area contributed by atoms with E-state index < -0.39 is 0 Å². The van der Waals surface area contributed by atoms with Crippen LogP contribution < -0.4 is 15.8 Å². The summed E-state index contributed by atoms with van der Waals surface area (Å²) in [6, 6.07) is 24.9. The topological polar surface area (TPSA) is 90.1 Å². The van der Waals surface area contributed by atoms with Crippen molar-refractivity contribution in [1.82, 2.24) is 9.97 Å². The fourth-order valence-corrected chi connectivity index (χ4v) is 3.38. The Morgan fingerprint density at radius 1 is 0.939 bits per heavy atom. The third-order valence-corrected chi connectivity index (χ3v) is 4.95. The standard InChI is InChI=1S/C27H24N4O2/c1-2-6-22(32)17-19-9-13-21(14-10-19)31-27-25(26(28)29-18-30-27)20-11-15-24(16-12-20)33-23-7-4-3-5-8-23/h2-16,18H,17H2,1H3,(H3,28,29,30,31)/b6-2+. The molecule has 0 radical (unpaired) electrons. The van der Waals surface area contributed by atoms with Crippen molar-refractivity contribution in [1.29, 1.82) is 0 Å². The quantitative estimate of drug-likeness (QED) is 0.332. The number of rotatable bonds is 8. The molecule has 4 aromatic rings. The molecule has 0 amide bonds. The van der Waals surface area contributed by atoms with Gasteiger partial charge in [-0.25, -0.2) is 9.97 Å². The lowest BCUT2D eigenvalue weighted by Crippen LogP contribution is -2.03. The summed E-state index contributed by atoms with van der Waals surface area (Å²) in [6.45, 7) is 1.83. The predicted octanol–water partition coefficient (Wildman–Crippen LogP) is 5.95. The van der Waals surface area contributed by atoms with Gasteiger partial charge in [-0.2, -0.15) is 0 Å². The predicted molar refractivity (Wildman–Crippen MR) is 132 cm³/mol. The van der Waals surface area contributed by atoms with E-state index in [2.05, 4.69) is 15.3 Å². The van der Waals surface area contributed by atoms with Crippen LogP contribution in [0.4, 0.5) is 17.3 Å². The maximum Gasteiger partial charge on any atom is 0.159 e. The van der Waals surface area contributed by atoms with E-state index >= 15 is 0 Å². The summed E-state index contributed by atoms with van der Waals surface area (Å²) >= 11 is 0. The van der Waals surface area contributed by atoms with Gasteiger partial charge in [-0.15, -0.1) is 0 Å². The molecule has 0 aliphatic rings. The highest BCUT2D eigenvalue weighted by Crippen LogP contribution is 2.34. The minimum Gasteiger partial charge on any atom is -0.457 e. The first-order valence-electron chi connectivity index (χ1n) is 10.6. The first-order chi connectivity index (χ1) is 16.1. The molecule has 164 valence electrons. The van der Waals surface area contributed by atoms with Crippen LogP contribution in [-0.4, -0.2) is 15.8 Å². The van der Waals surface area contributed by atoms with Crippen LogP contribution in [0.15, 0.2) is 97.3 Å². The molecule has 0 bridgehead atoms. The number of nitrogens with two attached hydrogens (primary N) is 1. The van der Waals surface area contributed by atoms with Crippen molar-refractivity contribution in [3.63, 3.8) is 0 Å². The molecule has 3 aromatic carbocycles. The highest BCUT2D eigenvalue weighted by atomic mass is 16.5. The molecule has 0 spiro atoms. The molecular weight excluding hydrogens is 412 g/mol. The van der Waals surface area contributed by atoms with Gasteiger partial charge in [-0.1, -0.05) is 48.5 Å². The lowest BCUT2D eigenvalue weighted by Gasteiger charge is -2.14. The van der Waals surface area contributed by atoms with Crippen LogP contribution in [0.3, 0.4) is 0 Å². The number of aromatic nitrogens is 2. The van der Waals surface area contributed by atoms with Crippen LogP contribution in [0, 0.1) is 0 Å². The summed E-state index contributed by atoms with van der Waals surface area (Å²) < 4.78 is 5.87. The molecular formula is C27H24N4O2. The number of ketones is 1. The molecule has 0 saturated heterocycles. The van der Waals surface area contributed by atoms with Crippen molar-refractivity contribution in [2.24, 2.45) is 0 Å². The molecule has 33 heavy (non-hydrogen) atoms. The fourth-order valence-electron chi connectivity index (χ4n) is 3.38. The molecule has 0 saturated carbocycles. The van der Waals surface area contributed by atoms with Gasteiger partial charge in [-0.3, -0.25) is 4.79 Å². The van der Waals surface area contributed by atoms with Crippen LogP contribution in [0.25, 0.3) is 11.1 Å². The number of hydrogen-bond donors (Lipinski definition) is 2. The second-order valence-corrected chi connectivity index (χ2v) is 7.39. The van der Waals surface area contributed by atoms with E-state index in [-0.39, 0.29) is 5.78 Å². The van der Waals surface area contributed by atoms with Crippen molar-refractivity contribution in [3.8, 4) is 22.6 Å². The Hall–Kier alpha value is -4.45. The van der Waals surface area contributed by atoms with Gasteiger partial charge in [0.1, 0.15) is 29.5 Å². The average molecular weight is 437 g/mol. The summed E-state index contributed by atoms with van der Waals surface area (Å²) in [7, 11) is 0. The SMILES string of the molecule is C/C=C/C(=O)Cc1ccc(Nc2ncnc(N)c2-c2ccc(Oc3ccccc3)cc2)cc1. The summed E-state index contributed by atoms with van der Waals surface area (Å²) in [6.07, 6.45) is 5.13. The zero-order valence-corrected chi connectivity index (χ0v) is 18.2. The summed E-state index contributed by atoms with van der Waals surface area (Å²) in [4.78, 5) is 20.4. The van der Waals surface area contributed by atoms with E-state index in [0.717, 1.165) is 28.3 Å². The maximum absolute atomic E-state index is 11.8. The summed E-state index contributed by atoms with van der Waals surface area (Å²) in [5, 5.41) is 3.31. The van der Waals surface area contributed by atoms with Gasteiger partial charge in [0.05, 0.1) is 5.56 Å². The van der Waals surface area contributed by atoms with E-state index in [1.54, 1.807) is 12.2 Å². The highest BCUT2D eigenvalue weighted by molar-refractivity contribution is 5.91. The van der Waals surface area contributed by atoms with Gasteiger partial charge < -0.3 is 15.8 Å². The maximum atomic E-state index is 11.8. The molecule has 6 heteroatoms. The molecule has 6 nitrogen and oxygen atoms in total. The Kier molecular flexibility index (Phi) is 6.75. The van der Waals surface area contributed by atoms with Gasteiger partial charge in [0.15, 0.2) is 5.78 Å². The van der Waals surface area contributed by atoms with Crippen LogP contribution in [0.5, 0.6) is 11.5 Å². The molecule has 0 fully saturated rings. The normalized spacial score (nSPS) is 10.8. The van der Waals surface area contributed by atoms with Crippen molar-refractivity contribution in [2.45, 2.75) is 13.3 Å². The van der Waals surface area contributed by atoms with Gasteiger partial charge >= 0.3 is 0 Å². The Labute approximate surface area is 192 Å². The number of carbonyl (C=O) groups excluding carboxylic acids is 1. The number of anilines is 3.